The Morgan fingerprint density at radius 1 is 1.44 bits per heavy atom. The van der Waals surface area contributed by atoms with Gasteiger partial charge in [0.15, 0.2) is 5.82 Å². The van der Waals surface area contributed by atoms with Gasteiger partial charge in [-0.25, -0.2) is 4.79 Å². The van der Waals surface area contributed by atoms with Gasteiger partial charge in [0.1, 0.15) is 0 Å². The van der Waals surface area contributed by atoms with Crippen LogP contribution in [0.3, 0.4) is 0 Å². The number of urea groups is 1. The third-order valence-electron chi connectivity index (χ3n) is 3.98. The van der Waals surface area contributed by atoms with E-state index in [-0.39, 0.29) is 18.6 Å². The Kier molecular flexibility index (Phi) is 5.65. The highest BCUT2D eigenvalue weighted by molar-refractivity contribution is 6.36. The Labute approximate surface area is 155 Å². The first-order chi connectivity index (χ1) is 12.0. The van der Waals surface area contributed by atoms with E-state index in [9.17, 15) is 4.79 Å². The number of aryl methyl sites for hydroxylation is 1. The van der Waals surface area contributed by atoms with Crippen molar-refractivity contribution in [2.75, 3.05) is 18.0 Å². The molecule has 1 atom stereocenters. The van der Waals surface area contributed by atoms with Crippen LogP contribution in [0.5, 0.6) is 0 Å². The summed E-state index contributed by atoms with van der Waals surface area (Å²) in [5.41, 5.74) is 0.931. The molecule has 1 unspecified atom stereocenters. The number of halogens is 2. The molecule has 134 valence electrons. The Morgan fingerprint density at radius 2 is 2.28 bits per heavy atom. The number of carbonyl (C=O) groups is 1. The molecule has 1 aliphatic rings. The summed E-state index contributed by atoms with van der Waals surface area (Å²) in [5.74, 6) is 0.922. The molecule has 7 nitrogen and oxygen atoms in total. The summed E-state index contributed by atoms with van der Waals surface area (Å²) in [6, 6.07) is 5.24. The van der Waals surface area contributed by atoms with Crippen molar-refractivity contribution >= 4 is 34.9 Å². The fourth-order valence-electron chi connectivity index (χ4n) is 2.86. The third-order valence-corrected chi connectivity index (χ3v) is 4.52. The van der Waals surface area contributed by atoms with Crippen LogP contribution in [0.4, 0.5) is 10.5 Å². The smallest absolute Gasteiger partial charge is 0.315 e. The van der Waals surface area contributed by atoms with E-state index in [2.05, 4.69) is 25.7 Å². The summed E-state index contributed by atoms with van der Waals surface area (Å²) >= 11 is 12.2. The van der Waals surface area contributed by atoms with Crippen LogP contribution in [0.15, 0.2) is 22.7 Å². The minimum Gasteiger partial charge on any atom is -0.368 e. The van der Waals surface area contributed by atoms with Gasteiger partial charge in [0.2, 0.25) is 5.89 Å². The monoisotopic (exact) mass is 383 g/mol. The Morgan fingerprint density at radius 3 is 3.00 bits per heavy atom. The van der Waals surface area contributed by atoms with Crippen molar-refractivity contribution in [2.24, 2.45) is 0 Å². The van der Waals surface area contributed by atoms with E-state index < -0.39 is 0 Å². The molecule has 2 aromatic rings. The number of carbonyl (C=O) groups excluding carboxylic acids is 1. The van der Waals surface area contributed by atoms with Gasteiger partial charge < -0.3 is 20.1 Å². The summed E-state index contributed by atoms with van der Waals surface area (Å²) in [6.07, 6.45) is 1.88. The highest BCUT2D eigenvalue weighted by Gasteiger charge is 2.23. The zero-order chi connectivity index (χ0) is 17.8. The molecular formula is C16H19Cl2N5O2. The second-order valence-corrected chi connectivity index (χ2v) is 6.78. The number of rotatable bonds is 4. The summed E-state index contributed by atoms with van der Waals surface area (Å²) in [7, 11) is 0. The van der Waals surface area contributed by atoms with Crippen LogP contribution in [0.2, 0.25) is 10.0 Å². The number of hydrogen-bond donors (Lipinski definition) is 2. The molecule has 2 amide bonds. The van der Waals surface area contributed by atoms with Crippen molar-refractivity contribution in [3.63, 3.8) is 0 Å². The first kappa shape index (κ1) is 17.8. The van der Waals surface area contributed by atoms with Gasteiger partial charge in [-0.3, -0.25) is 0 Å². The molecule has 0 aliphatic carbocycles. The van der Waals surface area contributed by atoms with Crippen LogP contribution in [-0.2, 0) is 6.54 Å². The molecule has 2 N–H and O–H groups in total. The van der Waals surface area contributed by atoms with Crippen molar-refractivity contribution in [3.8, 4) is 0 Å². The number of piperidine rings is 1. The number of benzene rings is 1. The Balaban J connectivity index is 1.53. The van der Waals surface area contributed by atoms with Gasteiger partial charge in [0.25, 0.3) is 0 Å². The average molecular weight is 384 g/mol. The third kappa shape index (κ3) is 4.76. The first-order valence-corrected chi connectivity index (χ1v) is 8.80. The van der Waals surface area contributed by atoms with Crippen molar-refractivity contribution < 1.29 is 9.32 Å². The van der Waals surface area contributed by atoms with Crippen molar-refractivity contribution in [1.82, 2.24) is 20.8 Å². The summed E-state index contributed by atoms with van der Waals surface area (Å²) in [6.45, 7) is 3.51. The predicted molar refractivity (Wildman–Crippen MR) is 96.1 cm³/mol. The number of hydrogen-bond acceptors (Lipinski definition) is 5. The van der Waals surface area contributed by atoms with Gasteiger partial charge in [-0.15, -0.1) is 0 Å². The van der Waals surface area contributed by atoms with Crippen LogP contribution in [-0.4, -0.2) is 35.3 Å². The van der Waals surface area contributed by atoms with Gasteiger partial charge in [-0.2, -0.15) is 4.98 Å². The predicted octanol–water partition coefficient (Wildman–Crippen LogP) is 3.15. The molecule has 1 aromatic heterocycles. The van der Waals surface area contributed by atoms with Gasteiger partial charge in [-0.05, 0) is 31.0 Å². The molecule has 0 bridgehead atoms. The second-order valence-electron chi connectivity index (χ2n) is 5.94. The fraction of sp³-hybridized carbons (Fsp3) is 0.438. The quantitative estimate of drug-likeness (QED) is 0.846. The van der Waals surface area contributed by atoms with E-state index in [0.29, 0.717) is 28.3 Å². The molecule has 1 fully saturated rings. The molecule has 1 aromatic carbocycles. The number of aromatic nitrogens is 2. The van der Waals surface area contributed by atoms with Crippen LogP contribution < -0.4 is 15.5 Å². The van der Waals surface area contributed by atoms with Gasteiger partial charge in [0, 0.05) is 31.1 Å². The van der Waals surface area contributed by atoms with Crippen molar-refractivity contribution in [2.45, 2.75) is 32.4 Å². The standard InChI is InChI=1S/C16H19Cl2N5O2/c1-10-20-15(22-25-10)8-19-16(24)21-12-3-2-6-23(9-12)14-5-4-11(17)7-13(14)18/h4-5,7,12H,2-3,6,8-9H2,1H3,(H2,19,21,24). The van der Waals surface area contributed by atoms with Crippen LogP contribution in [0, 0.1) is 6.92 Å². The number of nitrogens with one attached hydrogen (secondary N) is 2. The lowest BCUT2D eigenvalue weighted by Crippen LogP contribution is -2.50. The van der Waals surface area contributed by atoms with E-state index in [1.54, 1.807) is 13.0 Å². The average Bonchev–Trinajstić information content (AvgIpc) is 2.99. The van der Waals surface area contributed by atoms with Crippen LogP contribution in [0.1, 0.15) is 24.6 Å². The zero-order valence-corrected chi connectivity index (χ0v) is 15.3. The van der Waals surface area contributed by atoms with E-state index in [1.807, 2.05) is 12.1 Å². The van der Waals surface area contributed by atoms with E-state index >= 15 is 0 Å². The maximum Gasteiger partial charge on any atom is 0.315 e. The van der Waals surface area contributed by atoms with E-state index in [4.69, 9.17) is 27.7 Å². The second kappa shape index (κ2) is 7.93. The minimum atomic E-state index is -0.253. The molecule has 1 saturated heterocycles. The number of anilines is 1. The summed E-state index contributed by atoms with van der Waals surface area (Å²) in [4.78, 5) is 18.3. The molecule has 2 heterocycles. The number of nitrogens with zero attached hydrogens (tertiary/aromatic N) is 3. The molecule has 25 heavy (non-hydrogen) atoms. The molecular weight excluding hydrogens is 365 g/mol. The Bertz CT molecular complexity index is 752. The largest absolute Gasteiger partial charge is 0.368 e. The molecule has 3 rings (SSSR count). The number of amides is 2. The van der Waals surface area contributed by atoms with Gasteiger partial charge in [-0.1, -0.05) is 28.4 Å². The lowest BCUT2D eigenvalue weighted by molar-refractivity contribution is 0.234. The maximum absolute atomic E-state index is 12.1. The highest BCUT2D eigenvalue weighted by atomic mass is 35.5. The van der Waals surface area contributed by atoms with Crippen LogP contribution in [0.25, 0.3) is 0 Å². The molecule has 0 radical (unpaired) electrons. The zero-order valence-electron chi connectivity index (χ0n) is 13.8. The molecule has 0 spiro atoms. The Hall–Kier alpha value is -1.99. The molecule has 9 heteroatoms. The lowest BCUT2D eigenvalue weighted by Gasteiger charge is -2.35. The summed E-state index contributed by atoms with van der Waals surface area (Å²) in [5, 5.41) is 10.7. The topological polar surface area (TPSA) is 83.3 Å². The highest BCUT2D eigenvalue weighted by Crippen LogP contribution is 2.30. The molecule has 0 saturated carbocycles. The van der Waals surface area contributed by atoms with Gasteiger partial charge in [0.05, 0.1) is 17.3 Å². The van der Waals surface area contributed by atoms with Crippen molar-refractivity contribution in [1.29, 1.82) is 0 Å². The molecule has 1 aliphatic heterocycles. The van der Waals surface area contributed by atoms with Gasteiger partial charge >= 0.3 is 6.03 Å². The SMILES string of the molecule is Cc1nc(CNC(=O)NC2CCCN(c3ccc(Cl)cc3Cl)C2)no1. The van der Waals surface area contributed by atoms with Crippen molar-refractivity contribution in [3.05, 3.63) is 40.0 Å². The normalized spacial score (nSPS) is 17.4. The van der Waals surface area contributed by atoms with Crippen LogP contribution >= 0.6 is 23.2 Å². The van der Waals surface area contributed by atoms with E-state index in [0.717, 1.165) is 25.1 Å². The first-order valence-electron chi connectivity index (χ1n) is 8.05. The van der Waals surface area contributed by atoms with E-state index in [1.165, 1.54) is 0 Å². The minimum absolute atomic E-state index is 0.0347. The maximum atomic E-state index is 12.1. The lowest BCUT2D eigenvalue weighted by atomic mass is 10.1. The fourth-order valence-corrected chi connectivity index (χ4v) is 3.39. The summed E-state index contributed by atoms with van der Waals surface area (Å²) < 4.78 is 4.87.